The molecule has 0 spiro atoms. The number of ether oxygens (including phenoxy) is 2. The fourth-order valence-corrected chi connectivity index (χ4v) is 3.19. The van der Waals surface area contributed by atoms with E-state index in [-0.39, 0.29) is 35.9 Å². The number of amides is 1. The predicted octanol–water partition coefficient (Wildman–Crippen LogP) is 4.67. The Hall–Kier alpha value is -2.49. The van der Waals surface area contributed by atoms with Gasteiger partial charge in [0.1, 0.15) is 0 Å². The van der Waals surface area contributed by atoms with Crippen LogP contribution in [-0.2, 0) is 6.54 Å². The summed E-state index contributed by atoms with van der Waals surface area (Å²) in [5.74, 6) is 2.12. The molecule has 182 valence electrons. The molecule has 0 radical (unpaired) electrons. The smallest absolute Gasteiger partial charge is 0.251 e. The van der Waals surface area contributed by atoms with E-state index < -0.39 is 0 Å². The van der Waals surface area contributed by atoms with Crippen LogP contribution in [0.15, 0.2) is 47.5 Å². The molecule has 0 aliphatic rings. The second-order valence-electron chi connectivity index (χ2n) is 7.19. The molecule has 0 aromatic heterocycles. The number of hydrogen-bond acceptors (Lipinski definition) is 4. The van der Waals surface area contributed by atoms with Gasteiger partial charge in [-0.3, -0.25) is 4.79 Å². The summed E-state index contributed by atoms with van der Waals surface area (Å²) in [6.45, 7) is 12.9. The normalized spacial score (nSPS) is 11.7. The summed E-state index contributed by atoms with van der Waals surface area (Å²) in [4.78, 5) is 16.8. The molecule has 0 saturated heterocycles. The number of carbonyl (C=O) groups is 1. The van der Waals surface area contributed by atoms with Gasteiger partial charge in [-0.25, -0.2) is 4.99 Å². The fraction of sp³-hybridized carbons (Fsp3) is 0.440. The quantitative estimate of drug-likeness (QED) is 0.209. The second-order valence-corrected chi connectivity index (χ2v) is 7.19. The fourth-order valence-electron chi connectivity index (χ4n) is 3.19. The lowest BCUT2D eigenvalue weighted by Crippen LogP contribution is -2.38. The first kappa shape index (κ1) is 28.5. The van der Waals surface area contributed by atoms with Crippen LogP contribution in [0.5, 0.6) is 11.5 Å². The molecule has 0 aliphatic heterocycles. The topological polar surface area (TPSA) is 84.0 Å². The van der Waals surface area contributed by atoms with Crippen LogP contribution >= 0.6 is 24.0 Å². The van der Waals surface area contributed by atoms with Gasteiger partial charge in [0, 0.05) is 18.7 Å². The molecule has 0 bridgehead atoms. The average Bonchev–Trinajstić information content (AvgIpc) is 2.79. The standard InChI is InChI=1S/C25H36N4O3.HI/c1-6-26-24(30)21-12-10-11-19(15-21)17-28-25(27-7-2)29-18(5)20-13-14-22(31-8-3)23(16-20)32-9-4;/h10-16,18H,6-9,17H2,1-5H3,(H,26,30)(H2,27,28,29);1H. The highest BCUT2D eigenvalue weighted by Crippen LogP contribution is 2.30. The number of nitrogens with one attached hydrogen (secondary N) is 3. The van der Waals surface area contributed by atoms with Crippen molar-refractivity contribution in [2.45, 2.75) is 47.2 Å². The first-order valence-corrected chi connectivity index (χ1v) is 11.3. The molecule has 0 aliphatic carbocycles. The van der Waals surface area contributed by atoms with Crippen LogP contribution in [0, 0.1) is 0 Å². The van der Waals surface area contributed by atoms with Crippen LogP contribution in [0.1, 0.15) is 62.1 Å². The number of guanidine groups is 1. The Morgan fingerprint density at radius 2 is 1.64 bits per heavy atom. The van der Waals surface area contributed by atoms with E-state index in [0.29, 0.717) is 37.8 Å². The molecule has 33 heavy (non-hydrogen) atoms. The monoisotopic (exact) mass is 568 g/mol. The largest absolute Gasteiger partial charge is 0.490 e. The van der Waals surface area contributed by atoms with Gasteiger partial charge in [-0.1, -0.05) is 18.2 Å². The molecule has 3 N–H and O–H groups in total. The lowest BCUT2D eigenvalue weighted by molar-refractivity contribution is 0.0955. The van der Waals surface area contributed by atoms with Gasteiger partial charge in [-0.2, -0.15) is 0 Å². The number of rotatable bonds is 11. The third-order valence-electron chi connectivity index (χ3n) is 4.71. The summed E-state index contributed by atoms with van der Waals surface area (Å²) in [6, 6.07) is 13.5. The van der Waals surface area contributed by atoms with E-state index in [4.69, 9.17) is 14.5 Å². The summed E-state index contributed by atoms with van der Waals surface area (Å²) in [7, 11) is 0. The minimum Gasteiger partial charge on any atom is -0.490 e. The van der Waals surface area contributed by atoms with Crippen LogP contribution < -0.4 is 25.4 Å². The van der Waals surface area contributed by atoms with Crippen LogP contribution in [0.2, 0.25) is 0 Å². The van der Waals surface area contributed by atoms with Gasteiger partial charge in [0.2, 0.25) is 0 Å². The Bertz CT molecular complexity index is 905. The number of aliphatic imine (C=N–C) groups is 1. The minimum absolute atomic E-state index is 0. The maximum atomic E-state index is 12.1. The molecule has 2 aromatic carbocycles. The van der Waals surface area contributed by atoms with E-state index in [1.807, 2.05) is 70.2 Å². The zero-order valence-electron chi connectivity index (χ0n) is 20.2. The minimum atomic E-state index is -0.0717. The summed E-state index contributed by atoms with van der Waals surface area (Å²) in [5, 5.41) is 9.56. The van der Waals surface area contributed by atoms with E-state index >= 15 is 0 Å². The first-order valence-electron chi connectivity index (χ1n) is 11.3. The zero-order chi connectivity index (χ0) is 23.3. The number of hydrogen-bond donors (Lipinski definition) is 3. The lowest BCUT2D eigenvalue weighted by atomic mass is 10.1. The van der Waals surface area contributed by atoms with Crippen molar-refractivity contribution < 1.29 is 14.3 Å². The van der Waals surface area contributed by atoms with Crippen LogP contribution in [0.25, 0.3) is 0 Å². The summed E-state index contributed by atoms with van der Waals surface area (Å²) in [5.41, 5.74) is 2.68. The van der Waals surface area contributed by atoms with Crippen molar-refractivity contribution in [1.29, 1.82) is 0 Å². The molecule has 0 heterocycles. The van der Waals surface area contributed by atoms with Crippen molar-refractivity contribution >= 4 is 35.8 Å². The Labute approximate surface area is 214 Å². The lowest BCUT2D eigenvalue weighted by Gasteiger charge is -2.20. The van der Waals surface area contributed by atoms with Gasteiger partial charge in [-0.05, 0) is 70.0 Å². The molecule has 2 rings (SSSR count). The van der Waals surface area contributed by atoms with E-state index in [1.165, 1.54) is 0 Å². The van der Waals surface area contributed by atoms with Gasteiger partial charge < -0.3 is 25.4 Å². The highest BCUT2D eigenvalue weighted by molar-refractivity contribution is 14.0. The number of nitrogens with zero attached hydrogens (tertiary/aromatic N) is 1. The molecule has 0 fully saturated rings. The first-order chi connectivity index (χ1) is 15.5. The van der Waals surface area contributed by atoms with E-state index in [0.717, 1.165) is 29.2 Å². The third-order valence-corrected chi connectivity index (χ3v) is 4.71. The summed E-state index contributed by atoms with van der Waals surface area (Å²) >= 11 is 0. The van der Waals surface area contributed by atoms with Gasteiger partial charge in [0.05, 0.1) is 25.8 Å². The van der Waals surface area contributed by atoms with E-state index in [9.17, 15) is 4.79 Å². The van der Waals surface area contributed by atoms with Crippen molar-refractivity contribution in [3.63, 3.8) is 0 Å². The Balaban J connectivity index is 0.00000544. The molecule has 7 nitrogen and oxygen atoms in total. The van der Waals surface area contributed by atoms with E-state index in [2.05, 4.69) is 22.9 Å². The molecule has 1 amide bonds. The number of carbonyl (C=O) groups excluding carboxylic acids is 1. The summed E-state index contributed by atoms with van der Waals surface area (Å²) in [6.07, 6.45) is 0. The van der Waals surface area contributed by atoms with Crippen molar-refractivity contribution in [3.05, 3.63) is 59.2 Å². The SMILES string of the molecule is CCNC(=O)c1cccc(CN=C(NCC)NC(C)c2ccc(OCC)c(OCC)c2)c1.I. The number of benzene rings is 2. The summed E-state index contributed by atoms with van der Waals surface area (Å²) < 4.78 is 11.4. The van der Waals surface area contributed by atoms with Crippen LogP contribution in [0.4, 0.5) is 0 Å². The molecule has 2 aromatic rings. The van der Waals surface area contributed by atoms with Crippen molar-refractivity contribution in [3.8, 4) is 11.5 Å². The van der Waals surface area contributed by atoms with Gasteiger partial charge in [0.25, 0.3) is 5.91 Å². The van der Waals surface area contributed by atoms with Crippen molar-refractivity contribution in [2.75, 3.05) is 26.3 Å². The average molecular weight is 569 g/mol. The Kier molecular flexibility index (Phi) is 13.3. The number of halogens is 1. The van der Waals surface area contributed by atoms with Crippen molar-refractivity contribution in [1.82, 2.24) is 16.0 Å². The molecule has 0 saturated carbocycles. The molecule has 1 atom stereocenters. The molecular formula is C25H37IN4O3. The molecule has 1 unspecified atom stereocenters. The predicted molar refractivity (Wildman–Crippen MR) is 145 cm³/mol. The highest BCUT2D eigenvalue weighted by Gasteiger charge is 2.13. The van der Waals surface area contributed by atoms with Crippen LogP contribution in [-0.4, -0.2) is 38.2 Å². The van der Waals surface area contributed by atoms with Crippen LogP contribution in [0.3, 0.4) is 0 Å². The van der Waals surface area contributed by atoms with Gasteiger partial charge in [-0.15, -0.1) is 24.0 Å². The van der Waals surface area contributed by atoms with E-state index in [1.54, 1.807) is 0 Å². The third kappa shape index (κ3) is 9.11. The zero-order valence-corrected chi connectivity index (χ0v) is 22.6. The van der Waals surface area contributed by atoms with Crippen molar-refractivity contribution in [2.24, 2.45) is 4.99 Å². The van der Waals surface area contributed by atoms with Gasteiger partial charge >= 0.3 is 0 Å². The Morgan fingerprint density at radius 1 is 0.939 bits per heavy atom. The highest BCUT2D eigenvalue weighted by atomic mass is 127. The molecular weight excluding hydrogens is 531 g/mol. The molecule has 8 heteroatoms. The second kappa shape index (κ2) is 15.4. The van der Waals surface area contributed by atoms with Gasteiger partial charge in [0.15, 0.2) is 17.5 Å². The maximum absolute atomic E-state index is 12.1. The maximum Gasteiger partial charge on any atom is 0.251 e. The Morgan fingerprint density at radius 3 is 2.30 bits per heavy atom.